The summed E-state index contributed by atoms with van der Waals surface area (Å²) in [4.78, 5) is 0. The van der Waals surface area contributed by atoms with Crippen molar-refractivity contribution in [1.29, 1.82) is 0 Å². The maximum Gasteiger partial charge on any atom is 0.276 e. The van der Waals surface area contributed by atoms with Crippen LogP contribution in [0, 0.1) is 0 Å². The Morgan fingerprint density at radius 3 is 2.62 bits per heavy atom. The van der Waals surface area contributed by atoms with Crippen molar-refractivity contribution >= 4 is 46.6 Å². The van der Waals surface area contributed by atoms with E-state index in [0.29, 0.717) is 44.3 Å². The highest BCUT2D eigenvalue weighted by molar-refractivity contribution is 7.99. The predicted octanol–water partition coefficient (Wildman–Crippen LogP) is 5.87. The van der Waals surface area contributed by atoms with Gasteiger partial charge in [-0.2, -0.15) is 0 Å². The zero-order valence-corrected chi connectivity index (χ0v) is 15.3. The topological polar surface area (TPSA) is 48.2 Å². The van der Waals surface area contributed by atoms with Gasteiger partial charge in [0, 0.05) is 21.4 Å². The summed E-state index contributed by atoms with van der Waals surface area (Å²) in [5.41, 5.74) is 0.783. The van der Waals surface area contributed by atoms with Crippen molar-refractivity contribution in [3.05, 3.63) is 57.5 Å². The quantitative estimate of drug-likeness (QED) is 0.382. The zero-order chi connectivity index (χ0) is 16.9. The van der Waals surface area contributed by atoms with Gasteiger partial charge in [0.15, 0.2) is 0 Å². The smallest absolute Gasteiger partial charge is 0.276 e. The predicted molar refractivity (Wildman–Crippen MR) is 97.4 cm³/mol. The molecule has 0 aliphatic carbocycles. The van der Waals surface area contributed by atoms with E-state index in [9.17, 15) is 0 Å². The van der Waals surface area contributed by atoms with Gasteiger partial charge in [-0.25, -0.2) is 0 Å². The van der Waals surface area contributed by atoms with E-state index in [2.05, 4.69) is 10.2 Å². The normalized spacial score (nSPS) is 10.8. The Hall–Kier alpha value is -1.40. The Bertz CT molecular complexity index is 842. The van der Waals surface area contributed by atoms with Gasteiger partial charge >= 0.3 is 0 Å². The molecule has 124 valence electrons. The van der Waals surface area contributed by atoms with Crippen LogP contribution in [0.15, 0.2) is 52.1 Å². The molecular formula is C16H11Cl3N2O2S. The third kappa shape index (κ3) is 4.57. The maximum atomic E-state index is 6.04. The zero-order valence-electron chi connectivity index (χ0n) is 12.2. The molecule has 0 bridgehead atoms. The van der Waals surface area contributed by atoms with Gasteiger partial charge in [-0.05, 0) is 36.4 Å². The Labute approximate surface area is 158 Å². The van der Waals surface area contributed by atoms with Crippen molar-refractivity contribution in [3.8, 4) is 17.2 Å². The number of halogens is 3. The minimum absolute atomic E-state index is 0.432. The van der Waals surface area contributed by atoms with Crippen molar-refractivity contribution in [2.24, 2.45) is 0 Å². The molecule has 8 heteroatoms. The molecule has 0 unspecified atom stereocenters. The van der Waals surface area contributed by atoms with Crippen LogP contribution in [0.5, 0.6) is 5.75 Å². The SMILES string of the molecule is Clc1cccc(-c2nnc(SCCOc3ccc(Cl)cc3Cl)o2)c1. The number of rotatable bonds is 6. The molecule has 1 aromatic heterocycles. The highest BCUT2D eigenvalue weighted by atomic mass is 35.5. The lowest BCUT2D eigenvalue weighted by atomic mass is 10.2. The van der Waals surface area contributed by atoms with E-state index in [1.807, 2.05) is 12.1 Å². The first-order valence-corrected chi connectivity index (χ1v) is 9.04. The molecule has 0 spiro atoms. The molecule has 1 heterocycles. The van der Waals surface area contributed by atoms with E-state index in [1.54, 1.807) is 30.3 Å². The van der Waals surface area contributed by atoms with Crippen molar-refractivity contribution < 1.29 is 9.15 Å². The van der Waals surface area contributed by atoms with E-state index < -0.39 is 0 Å². The first-order chi connectivity index (χ1) is 11.6. The average molecular weight is 402 g/mol. The van der Waals surface area contributed by atoms with E-state index >= 15 is 0 Å². The Kier molecular flexibility index (Phi) is 5.89. The molecule has 4 nitrogen and oxygen atoms in total. The lowest BCUT2D eigenvalue weighted by Gasteiger charge is -2.06. The van der Waals surface area contributed by atoms with Gasteiger partial charge < -0.3 is 9.15 Å². The summed E-state index contributed by atoms with van der Waals surface area (Å²) >= 11 is 19.2. The maximum absolute atomic E-state index is 6.04. The molecule has 0 atom stereocenters. The molecule has 0 aliphatic heterocycles. The van der Waals surface area contributed by atoms with Crippen molar-refractivity contribution in [1.82, 2.24) is 10.2 Å². The van der Waals surface area contributed by atoms with Crippen LogP contribution in [-0.2, 0) is 0 Å². The molecule has 0 N–H and O–H groups in total. The van der Waals surface area contributed by atoms with Crippen LogP contribution in [0.25, 0.3) is 11.5 Å². The van der Waals surface area contributed by atoms with Crippen LogP contribution >= 0.6 is 46.6 Å². The molecular weight excluding hydrogens is 391 g/mol. The van der Waals surface area contributed by atoms with Crippen LogP contribution in [0.1, 0.15) is 0 Å². The average Bonchev–Trinajstić information content (AvgIpc) is 3.02. The molecule has 0 radical (unpaired) electrons. The Balaban J connectivity index is 1.52. The standard InChI is InChI=1S/C16H11Cl3N2O2S/c17-11-3-1-2-10(8-11)15-20-21-16(23-15)24-7-6-22-14-5-4-12(18)9-13(14)19/h1-5,8-9H,6-7H2. The number of nitrogens with zero attached hydrogens (tertiary/aromatic N) is 2. The highest BCUT2D eigenvalue weighted by Gasteiger charge is 2.09. The fraction of sp³-hybridized carbons (Fsp3) is 0.125. The summed E-state index contributed by atoms with van der Waals surface area (Å²) in [6.07, 6.45) is 0. The van der Waals surface area contributed by atoms with Gasteiger partial charge in [0.1, 0.15) is 5.75 Å². The molecule has 0 saturated carbocycles. The van der Waals surface area contributed by atoms with Gasteiger partial charge in [-0.1, -0.05) is 52.6 Å². The summed E-state index contributed by atoms with van der Waals surface area (Å²) in [5, 5.41) is 10.2. The number of benzene rings is 2. The van der Waals surface area contributed by atoms with Crippen LogP contribution < -0.4 is 4.74 Å². The first kappa shape index (κ1) is 17.4. The summed E-state index contributed by atoms with van der Waals surface area (Å²) < 4.78 is 11.2. The van der Waals surface area contributed by atoms with Gasteiger partial charge in [0.05, 0.1) is 11.6 Å². The molecule has 0 aliphatic rings. The first-order valence-electron chi connectivity index (χ1n) is 6.92. The highest BCUT2D eigenvalue weighted by Crippen LogP contribution is 2.28. The monoisotopic (exact) mass is 400 g/mol. The fourth-order valence-electron chi connectivity index (χ4n) is 1.88. The summed E-state index contributed by atoms with van der Waals surface area (Å²) in [5.74, 6) is 1.66. The van der Waals surface area contributed by atoms with Gasteiger partial charge in [0.25, 0.3) is 5.22 Å². The fourth-order valence-corrected chi connectivity index (χ4v) is 3.11. The van der Waals surface area contributed by atoms with Crippen molar-refractivity contribution in [3.63, 3.8) is 0 Å². The van der Waals surface area contributed by atoms with Crippen LogP contribution in [-0.4, -0.2) is 22.6 Å². The van der Waals surface area contributed by atoms with E-state index in [0.717, 1.165) is 5.56 Å². The van der Waals surface area contributed by atoms with Crippen LogP contribution in [0.4, 0.5) is 0 Å². The van der Waals surface area contributed by atoms with Crippen molar-refractivity contribution in [2.45, 2.75) is 5.22 Å². The molecule has 3 rings (SSSR count). The number of ether oxygens (including phenoxy) is 1. The largest absolute Gasteiger partial charge is 0.491 e. The minimum atomic E-state index is 0.432. The van der Waals surface area contributed by atoms with Crippen LogP contribution in [0.3, 0.4) is 0 Å². The third-order valence-electron chi connectivity index (χ3n) is 2.94. The molecule has 3 aromatic rings. The van der Waals surface area contributed by atoms with E-state index in [4.69, 9.17) is 44.0 Å². The summed E-state index contributed by atoms with van der Waals surface area (Å²) in [7, 11) is 0. The van der Waals surface area contributed by atoms with Gasteiger partial charge in [0.2, 0.25) is 5.89 Å². The lowest BCUT2D eigenvalue weighted by molar-refractivity contribution is 0.343. The lowest BCUT2D eigenvalue weighted by Crippen LogP contribution is -2.00. The van der Waals surface area contributed by atoms with Gasteiger partial charge in [-0.15, -0.1) is 10.2 Å². The molecule has 0 fully saturated rings. The third-order valence-corrected chi connectivity index (χ3v) is 4.49. The molecule has 0 saturated heterocycles. The number of hydrogen-bond acceptors (Lipinski definition) is 5. The van der Waals surface area contributed by atoms with E-state index in [-0.39, 0.29) is 0 Å². The van der Waals surface area contributed by atoms with Gasteiger partial charge in [-0.3, -0.25) is 0 Å². The summed E-state index contributed by atoms with van der Waals surface area (Å²) in [6.45, 7) is 0.445. The second-order valence-electron chi connectivity index (χ2n) is 4.66. The van der Waals surface area contributed by atoms with Crippen LogP contribution in [0.2, 0.25) is 15.1 Å². The minimum Gasteiger partial charge on any atom is -0.491 e. The molecule has 0 amide bonds. The number of hydrogen-bond donors (Lipinski definition) is 0. The summed E-state index contributed by atoms with van der Waals surface area (Å²) in [6, 6.07) is 12.4. The molecule has 2 aromatic carbocycles. The number of thioether (sulfide) groups is 1. The van der Waals surface area contributed by atoms with E-state index in [1.165, 1.54) is 11.8 Å². The molecule has 24 heavy (non-hydrogen) atoms. The Morgan fingerprint density at radius 2 is 1.83 bits per heavy atom. The van der Waals surface area contributed by atoms with Crippen molar-refractivity contribution in [2.75, 3.05) is 12.4 Å². The Morgan fingerprint density at radius 1 is 1.00 bits per heavy atom. The number of aromatic nitrogens is 2. The second kappa shape index (κ2) is 8.12. The second-order valence-corrected chi connectivity index (χ2v) is 6.98.